The van der Waals surface area contributed by atoms with Gasteiger partial charge in [-0.3, -0.25) is 4.79 Å². The zero-order valence-corrected chi connectivity index (χ0v) is 13.8. The maximum Gasteiger partial charge on any atom is 0.291 e. The van der Waals surface area contributed by atoms with Crippen LogP contribution in [-0.4, -0.2) is 19.5 Å². The predicted octanol–water partition coefficient (Wildman–Crippen LogP) is 4.33. The highest BCUT2D eigenvalue weighted by atomic mass is 19.1. The van der Waals surface area contributed by atoms with Crippen LogP contribution in [0.2, 0.25) is 0 Å². The summed E-state index contributed by atoms with van der Waals surface area (Å²) in [7, 11) is 2.04. The number of benzene rings is 2. The minimum Gasteiger partial charge on any atom is -0.451 e. The number of likely N-dealkylation sites (N-methyl/N-ethyl adjacent to an activating group) is 1. The van der Waals surface area contributed by atoms with Crippen LogP contribution in [0.1, 0.15) is 16.1 Å². The van der Waals surface area contributed by atoms with Gasteiger partial charge in [0.05, 0.1) is 5.69 Å². The van der Waals surface area contributed by atoms with Crippen molar-refractivity contribution in [1.29, 1.82) is 0 Å². The quantitative estimate of drug-likeness (QED) is 0.757. The van der Waals surface area contributed by atoms with Gasteiger partial charge in [0, 0.05) is 30.4 Å². The van der Waals surface area contributed by atoms with Crippen molar-refractivity contribution >= 4 is 17.3 Å². The minimum atomic E-state index is -0.476. The molecular formula is C20H17FN2O2. The molecule has 0 spiro atoms. The third-order valence-corrected chi connectivity index (χ3v) is 4.43. The Morgan fingerprint density at radius 1 is 1.16 bits per heavy atom. The molecule has 1 aliphatic heterocycles. The molecule has 1 N–H and O–H groups in total. The Morgan fingerprint density at radius 2 is 1.92 bits per heavy atom. The molecule has 2 heterocycles. The number of carbonyl (C=O) groups is 1. The van der Waals surface area contributed by atoms with Crippen LogP contribution in [0.5, 0.6) is 0 Å². The van der Waals surface area contributed by atoms with Gasteiger partial charge < -0.3 is 14.6 Å². The predicted molar refractivity (Wildman–Crippen MR) is 95.5 cm³/mol. The SMILES string of the molecule is CN1CCc2cc(C(=O)Nc3ccccc3F)oc2-c2ccccc21. The Hall–Kier alpha value is -3.08. The largest absolute Gasteiger partial charge is 0.451 e. The van der Waals surface area contributed by atoms with Crippen molar-refractivity contribution in [3.05, 3.63) is 71.7 Å². The molecule has 1 amide bonds. The normalized spacial score (nSPS) is 13.0. The zero-order valence-electron chi connectivity index (χ0n) is 13.8. The molecule has 4 nitrogen and oxygen atoms in total. The van der Waals surface area contributed by atoms with E-state index in [0.29, 0.717) is 5.76 Å². The van der Waals surface area contributed by atoms with Gasteiger partial charge >= 0.3 is 0 Å². The van der Waals surface area contributed by atoms with Gasteiger partial charge in [0.25, 0.3) is 5.91 Å². The number of furan rings is 1. The summed E-state index contributed by atoms with van der Waals surface area (Å²) < 4.78 is 19.6. The highest BCUT2D eigenvalue weighted by molar-refractivity contribution is 6.03. The Labute approximate surface area is 144 Å². The highest BCUT2D eigenvalue weighted by Crippen LogP contribution is 2.37. The first-order valence-corrected chi connectivity index (χ1v) is 8.12. The lowest BCUT2D eigenvalue weighted by Crippen LogP contribution is -2.19. The Morgan fingerprint density at radius 3 is 2.76 bits per heavy atom. The fourth-order valence-corrected chi connectivity index (χ4v) is 3.11. The second-order valence-corrected chi connectivity index (χ2v) is 6.09. The topological polar surface area (TPSA) is 45.5 Å². The monoisotopic (exact) mass is 336 g/mol. The van der Waals surface area contributed by atoms with Crippen LogP contribution in [-0.2, 0) is 6.42 Å². The van der Waals surface area contributed by atoms with Gasteiger partial charge in [-0.05, 0) is 36.8 Å². The third kappa shape index (κ3) is 2.78. The first-order valence-electron chi connectivity index (χ1n) is 8.12. The maximum atomic E-state index is 13.7. The number of hydrogen-bond donors (Lipinski definition) is 1. The van der Waals surface area contributed by atoms with Gasteiger partial charge in [0.15, 0.2) is 5.76 Å². The summed E-state index contributed by atoms with van der Waals surface area (Å²) in [5, 5.41) is 2.57. The molecule has 0 fully saturated rings. The number of halogens is 1. The van der Waals surface area contributed by atoms with E-state index in [1.165, 1.54) is 12.1 Å². The van der Waals surface area contributed by atoms with Crippen molar-refractivity contribution in [2.75, 3.05) is 23.8 Å². The smallest absolute Gasteiger partial charge is 0.291 e. The molecule has 126 valence electrons. The Bertz CT molecular complexity index is 948. The summed E-state index contributed by atoms with van der Waals surface area (Å²) >= 11 is 0. The minimum absolute atomic E-state index is 0.138. The maximum absolute atomic E-state index is 13.7. The lowest BCUT2D eigenvalue weighted by molar-refractivity contribution is 0.0997. The molecular weight excluding hydrogens is 319 g/mol. The molecule has 0 atom stereocenters. The molecule has 1 aliphatic rings. The fourth-order valence-electron chi connectivity index (χ4n) is 3.11. The van der Waals surface area contributed by atoms with E-state index in [-0.39, 0.29) is 11.4 Å². The van der Waals surface area contributed by atoms with E-state index in [4.69, 9.17) is 4.42 Å². The van der Waals surface area contributed by atoms with Crippen molar-refractivity contribution < 1.29 is 13.6 Å². The second-order valence-electron chi connectivity index (χ2n) is 6.09. The summed E-state index contributed by atoms with van der Waals surface area (Å²) in [6, 6.07) is 15.8. The number of para-hydroxylation sites is 2. The summed E-state index contributed by atoms with van der Waals surface area (Å²) in [6.07, 6.45) is 0.775. The molecule has 2 aromatic carbocycles. The Balaban J connectivity index is 1.70. The average molecular weight is 336 g/mol. The molecule has 0 unspecified atom stereocenters. The molecule has 4 rings (SSSR count). The summed E-state index contributed by atoms with van der Waals surface area (Å²) in [5.74, 6) is -0.0359. The standard InChI is InChI=1S/C20H17FN2O2/c1-23-11-10-13-12-18(20(24)22-16-8-4-3-7-15(16)21)25-19(13)14-6-2-5-9-17(14)23/h2-9,12H,10-11H2,1H3,(H,22,24). The number of rotatable bonds is 2. The van der Waals surface area contributed by atoms with Gasteiger partial charge in [0.2, 0.25) is 0 Å². The first-order chi connectivity index (χ1) is 12.1. The van der Waals surface area contributed by atoms with Crippen LogP contribution in [0.25, 0.3) is 11.3 Å². The van der Waals surface area contributed by atoms with Crippen molar-refractivity contribution in [1.82, 2.24) is 0 Å². The average Bonchev–Trinajstić information content (AvgIpc) is 3.01. The summed E-state index contributed by atoms with van der Waals surface area (Å²) in [5.41, 5.74) is 3.15. The van der Waals surface area contributed by atoms with Gasteiger partial charge in [-0.2, -0.15) is 0 Å². The van der Waals surface area contributed by atoms with Crippen LogP contribution in [0, 0.1) is 5.82 Å². The molecule has 1 aromatic heterocycles. The fraction of sp³-hybridized carbons (Fsp3) is 0.150. The number of fused-ring (bicyclic) bond motifs is 3. The van der Waals surface area contributed by atoms with E-state index in [1.807, 2.05) is 31.3 Å². The molecule has 0 saturated carbocycles. The van der Waals surface area contributed by atoms with Crippen LogP contribution in [0.3, 0.4) is 0 Å². The van der Waals surface area contributed by atoms with Gasteiger partial charge in [0.1, 0.15) is 11.6 Å². The van der Waals surface area contributed by atoms with Gasteiger partial charge in [-0.15, -0.1) is 0 Å². The molecule has 3 aromatic rings. The van der Waals surface area contributed by atoms with Crippen molar-refractivity contribution in [3.63, 3.8) is 0 Å². The molecule has 0 saturated heterocycles. The number of anilines is 2. The number of carbonyl (C=O) groups excluding carboxylic acids is 1. The van der Waals surface area contributed by atoms with Crippen molar-refractivity contribution in [2.24, 2.45) is 0 Å². The van der Waals surface area contributed by atoms with E-state index in [2.05, 4.69) is 10.2 Å². The number of nitrogens with one attached hydrogen (secondary N) is 1. The van der Waals surface area contributed by atoms with E-state index >= 15 is 0 Å². The van der Waals surface area contributed by atoms with Gasteiger partial charge in [-0.1, -0.05) is 24.3 Å². The van der Waals surface area contributed by atoms with Crippen LogP contribution < -0.4 is 10.2 Å². The number of nitrogens with zero attached hydrogens (tertiary/aromatic N) is 1. The summed E-state index contributed by atoms with van der Waals surface area (Å²) in [6.45, 7) is 0.831. The van der Waals surface area contributed by atoms with Crippen LogP contribution >= 0.6 is 0 Å². The molecule has 0 radical (unpaired) electrons. The Kier molecular flexibility index (Phi) is 3.76. The zero-order chi connectivity index (χ0) is 17.4. The third-order valence-electron chi connectivity index (χ3n) is 4.43. The summed E-state index contributed by atoms with van der Waals surface area (Å²) in [4.78, 5) is 14.6. The van der Waals surface area contributed by atoms with Crippen molar-refractivity contribution in [2.45, 2.75) is 6.42 Å². The second kappa shape index (κ2) is 6.09. The number of amides is 1. The molecule has 25 heavy (non-hydrogen) atoms. The molecule has 0 bridgehead atoms. The van der Waals surface area contributed by atoms with Crippen LogP contribution in [0.15, 0.2) is 59.0 Å². The highest BCUT2D eigenvalue weighted by Gasteiger charge is 2.24. The van der Waals surface area contributed by atoms with Crippen LogP contribution in [0.4, 0.5) is 15.8 Å². The van der Waals surface area contributed by atoms with E-state index in [0.717, 1.165) is 29.8 Å². The number of hydrogen-bond acceptors (Lipinski definition) is 3. The van der Waals surface area contributed by atoms with Gasteiger partial charge in [-0.25, -0.2) is 4.39 Å². The van der Waals surface area contributed by atoms with E-state index in [1.54, 1.807) is 18.2 Å². The molecule has 0 aliphatic carbocycles. The van der Waals surface area contributed by atoms with E-state index < -0.39 is 11.7 Å². The lowest BCUT2D eigenvalue weighted by atomic mass is 10.1. The lowest BCUT2D eigenvalue weighted by Gasteiger charge is -2.18. The molecule has 5 heteroatoms. The van der Waals surface area contributed by atoms with Crippen molar-refractivity contribution in [3.8, 4) is 11.3 Å². The van der Waals surface area contributed by atoms with E-state index in [9.17, 15) is 9.18 Å². The first kappa shape index (κ1) is 15.4.